The molecule has 3 heterocycles. The number of nitrogens with zero attached hydrogens (tertiary/aromatic N) is 4. The second-order valence-corrected chi connectivity index (χ2v) is 9.66. The number of halogens is 2. The lowest BCUT2D eigenvalue weighted by Gasteiger charge is -2.41. The number of ether oxygens (including phenoxy) is 1. The van der Waals surface area contributed by atoms with Gasteiger partial charge in [-0.25, -0.2) is 18.9 Å². The highest BCUT2D eigenvalue weighted by atomic mass is 35.5. The Balaban J connectivity index is 0.00000240. The molecule has 0 spiro atoms. The number of aromatic nitrogens is 2. The number of sulfonamides is 1. The van der Waals surface area contributed by atoms with E-state index in [9.17, 15) is 13.2 Å². The van der Waals surface area contributed by atoms with Crippen molar-refractivity contribution in [1.29, 1.82) is 0 Å². The molecule has 2 saturated heterocycles. The molecule has 2 aliphatic rings. The average molecular weight is 500 g/mol. The zero-order valence-corrected chi connectivity index (χ0v) is 20.0. The molecule has 2 N–H and O–H groups in total. The Labute approximate surface area is 195 Å². The molecule has 0 aromatic carbocycles. The van der Waals surface area contributed by atoms with E-state index in [1.807, 2.05) is 4.90 Å². The Bertz CT molecular complexity index is 798. The quantitative estimate of drug-likeness (QED) is 0.422. The molecule has 0 atom stereocenters. The molecule has 31 heavy (non-hydrogen) atoms. The van der Waals surface area contributed by atoms with Crippen LogP contribution in [0, 0.1) is 0 Å². The van der Waals surface area contributed by atoms with Gasteiger partial charge in [-0.15, -0.1) is 24.8 Å². The zero-order valence-electron chi connectivity index (χ0n) is 17.5. The van der Waals surface area contributed by atoms with Crippen LogP contribution in [0.2, 0.25) is 0 Å². The van der Waals surface area contributed by atoms with Gasteiger partial charge in [-0.05, 0) is 12.8 Å². The SMILES string of the molecule is CCCCc1cnc(N2CCN(S(=O)(=O)C3(C(=O)NO)CCOCC3)CC2)cn1.Cl.Cl. The summed E-state index contributed by atoms with van der Waals surface area (Å²) in [5.74, 6) is -0.173. The topological polar surface area (TPSA) is 125 Å². The molecule has 0 unspecified atom stereocenters. The van der Waals surface area contributed by atoms with Gasteiger partial charge in [0.25, 0.3) is 5.91 Å². The van der Waals surface area contributed by atoms with Crippen LogP contribution in [0.3, 0.4) is 0 Å². The fourth-order valence-corrected chi connectivity index (χ4v) is 5.91. The third-order valence-electron chi connectivity index (χ3n) is 5.69. The molecule has 10 nitrogen and oxygen atoms in total. The van der Waals surface area contributed by atoms with Gasteiger partial charge in [0.15, 0.2) is 4.75 Å². The number of rotatable bonds is 7. The van der Waals surface area contributed by atoms with E-state index in [4.69, 9.17) is 9.94 Å². The fraction of sp³-hybridized carbons (Fsp3) is 0.722. The molecule has 3 rings (SSSR count). The minimum absolute atomic E-state index is 0. The monoisotopic (exact) mass is 499 g/mol. The van der Waals surface area contributed by atoms with E-state index < -0.39 is 20.7 Å². The molecule has 1 aromatic rings. The van der Waals surface area contributed by atoms with Gasteiger partial charge in [0, 0.05) is 52.2 Å². The van der Waals surface area contributed by atoms with Gasteiger partial charge in [-0.2, -0.15) is 4.31 Å². The predicted octanol–water partition coefficient (Wildman–Crippen LogP) is 1.17. The molecule has 0 radical (unpaired) electrons. The van der Waals surface area contributed by atoms with Crippen LogP contribution in [-0.4, -0.2) is 77.9 Å². The number of hydrogen-bond acceptors (Lipinski definition) is 8. The Morgan fingerprint density at radius 2 is 1.81 bits per heavy atom. The molecular formula is C18H31Cl2N5O5S. The minimum Gasteiger partial charge on any atom is -0.381 e. The average Bonchev–Trinajstić information content (AvgIpc) is 2.78. The highest BCUT2D eigenvalue weighted by Crippen LogP contribution is 2.33. The molecule has 178 valence electrons. The summed E-state index contributed by atoms with van der Waals surface area (Å²) in [6.07, 6.45) is 6.61. The van der Waals surface area contributed by atoms with Crippen molar-refractivity contribution in [2.75, 3.05) is 44.3 Å². The van der Waals surface area contributed by atoms with Gasteiger partial charge < -0.3 is 9.64 Å². The summed E-state index contributed by atoms with van der Waals surface area (Å²) >= 11 is 0. The van der Waals surface area contributed by atoms with Gasteiger partial charge in [0.1, 0.15) is 5.82 Å². The van der Waals surface area contributed by atoms with Crippen molar-refractivity contribution in [3.05, 3.63) is 18.1 Å². The Hall–Kier alpha value is -1.24. The van der Waals surface area contributed by atoms with Crippen molar-refractivity contribution in [2.24, 2.45) is 0 Å². The van der Waals surface area contributed by atoms with Crippen molar-refractivity contribution in [3.63, 3.8) is 0 Å². The number of carbonyl (C=O) groups excluding carboxylic acids is 1. The number of hydroxylamine groups is 1. The summed E-state index contributed by atoms with van der Waals surface area (Å²) in [5.41, 5.74) is 2.50. The number of amides is 1. The normalized spacial score (nSPS) is 19.1. The molecule has 13 heteroatoms. The van der Waals surface area contributed by atoms with Gasteiger partial charge in [0.2, 0.25) is 10.0 Å². The Morgan fingerprint density at radius 1 is 1.16 bits per heavy atom. The molecule has 1 amide bonds. The summed E-state index contributed by atoms with van der Waals surface area (Å²) in [7, 11) is -3.96. The number of unbranched alkanes of at least 4 members (excludes halogenated alkanes) is 1. The van der Waals surface area contributed by atoms with Crippen LogP contribution in [0.25, 0.3) is 0 Å². The smallest absolute Gasteiger partial charge is 0.266 e. The van der Waals surface area contributed by atoms with E-state index in [-0.39, 0.29) is 64.0 Å². The molecule has 0 bridgehead atoms. The first-order valence-electron chi connectivity index (χ1n) is 10.0. The summed E-state index contributed by atoms with van der Waals surface area (Å²) in [6, 6.07) is 0. The third-order valence-corrected chi connectivity index (χ3v) is 8.32. The largest absolute Gasteiger partial charge is 0.381 e. The van der Waals surface area contributed by atoms with Crippen LogP contribution in [0.1, 0.15) is 38.3 Å². The highest BCUT2D eigenvalue weighted by molar-refractivity contribution is 7.91. The van der Waals surface area contributed by atoms with E-state index in [0.29, 0.717) is 13.1 Å². The maximum atomic E-state index is 13.3. The van der Waals surface area contributed by atoms with Crippen LogP contribution in [0.5, 0.6) is 0 Å². The van der Waals surface area contributed by atoms with E-state index in [1.54, 1.807) is 17.9 Å². The summed E-state index contributed by atoms with van der Waals surface area (Å²) in [5, 5.41) is 9.13. The zero-order chi connectivity index (χ0) is 20.9. The van der Waals surface area contributed by atoms with Crippen LogP contribution in [0.15, 0.2) is 12.4 Å². The van der Waals surface area contributed by atoms with Crippen LogP contribution < -0.4 is 10.4 Å². The summed E-state index contributed by atoms with van der Waals surface area (Å²) in [6.45, 7) is 3.83. The van der Waals surface area contributed by atoms with Crippen molar-refractivity contribution in [2.45, 2.75) is 43.8 Å². The van der Waals surface area contributed by atoms with E-state index >= 15 is 0 Å². The molecule has 0 aliphatic carbocycles. The lowest BCUT2D eigenvalue weighted by Crippen LogP contribution is -2.62. The highest BCUT2D eigenvalue weighted by Gasteiger charge is 2.54. The minimum atomic E-state index is -3.96. The number of nitrogens with one attached hydrogen (secondary N) is 1. The second-order valence-electron chi connectivity index (χ2n) is 7.41. The molecule has 1 aromatic heterocycles. The lowest BCUT2D eigenvalue weighted by atomic mass is 9.98. The number of hydrogen-bond donors (Lipinski definition) is 2. The van der Waals surface area contributed by atoms with Crippen molar-refractivity contribution < 1.29 is 23.2 Å². The number of carbonyl (C=O) groups is 1. The van der Waals surface area contributed by atoms with Gasteiger partial charge in [0.05, 0.1) is 18.1 Å². The van der Waals surface area contributed by atoms with Crippen molar-refractivity contribution in [3.8, 4) is 0 Å². The van der Waals surface area contributed by atoms with Crippen molar-refractivity contribution in [1.82, 2.24) is 19.8 Å². The first-order chi connectivity index (χ1) is 13.9. The van der Waals surface area contributed by atoms with Crippen LogP contribution >= 0.6 is 24.8 Å². The molecule has 2 fully saturated rings. The Kier molecular flexibility index (Phi) is 10.9. The molecule has 2 aliphatic heterocycles. The van der Waals surface area contributed by atoms with Gasteiger partial charge >= 0.3 is 0 Å². The lowest BCUT2D eigenvalue weighted by molar-refractivity contribution is -0.134. The first-order valence-corrected chi connectivity index (χ1v) is 11.5. The summed E-state index contributed by atoms with van der Waals surface area (Å²) < 4.78 is 31.5. The number of piperazine rings is 1. The maximum Gasteiger partial charge on any atom is 0.266 e. The number of anilines is 1. The second kappa shape index (κ2) is 12.1. The molecule has 0 saturated carbocycles. The maximum absolute atomic E-state index is 13.3. The van der Waals surface area contributed by atoms with Crippen LogP contribution in [0.4, 0.5) is 5.82 Å². The third kappa shape index (κ3) is 5.77. The van der Waals surface area contributed by atoms with Gasteiger partial charge in [-0.1, -0.05) is 13.3 Å². The summed E-state index contributed by atoms with van der Waals surface area (Å²) in [4.78, 5) is 23.2. The van der Waals surface area contributed by atoms with Crippen LogP contribution in [-0.2, 0) is 26.0 Å². The van der Waals surface area contributed by atoms with Crippen molar-refractivity contribution >= 4 is 46.6 Å². The standard InChI is InChI=1S/C18H29N5O5S.2ClH/c1-2-3-4-15-13-20-16(14-19-15)22-7-9-23(10-8-22)29(26,27)18(17(24)21-25)5-11-28-12-6-18;;/h13-14,25H,2-12H2,1H3,(H,21,24);2*1H. The van der Waals surface area contributed by atoms with E-state index in [1.165, 1.54) is 4.31 Å². The predicted molar refractivity (Wildman–Crippen MR) is 121 cm³/mol. The first kappa shape index (κ1) is 27.8. The Morgan fingerprint density at radius 3 is 2.32 bits per heavy atom. The number of aryl methyl sites for hydroxylation is 1. The molecular weight excluding hydrogens is 469 g/mol. The van der Waals surface area contributed by atoms with Gasteiger partial charge in [-0.3, -0.25) is 15.0 Å². The van der Waals surface area contributed by atoms with E-state index in [2.05, 4.69) is 16.9 Å². The fourth-order valence-electron chi connectivity index (χ4n) is 3.81. The van der Waals surface area contributed by atoms with E-state index in [0.717, 1.165) is 30.8 Å².